The number of carbonyl (C=O) groups excluding carboxylic acids is 1. The molecule has 3 fully saturated rings. The van der Waals surface area contributed by atoms with E-state index in [1.54, 1.807) is 0 Å². The zero-order chi connectivity index (χ0) is 13.2. The van der Waals surface area contributed by atoms with Crippen molar-refractivity contribution in [1.29, 1.82) is 0 Å². The summed E-state index contributed by atoms with van der Waals surface area (Å²) in [6.45, 7) is 13.6. The first kappa shape index (κ1) is 16.4. The molecule has 3 rings (SSSR count). The number of rotatable bonds is 5. The fourth-order valence-electron chi connectivity index (χ4n) is 3.49. The van der Waals surface area contributed by atoms with Gasteiger partial charge in [0.05, 0.1) is 6.04 Å². The Morgan fingerprint density at radius 2 is 1.68 bits per heavy atom. The van der Waals surface area contributed by atoms with Crippen LogP contribution in [0.25, 0.3) is 0 Å². The Morgan fingerprint density at radius 3 is 2.11 bits per heavy atom. The van der Waals surface area contributed by atoms with Crippen LogP contribution in [0, 0.1) is 0 Å². The third-order valence-corrected chi connectivity index (χ3v) is 5.10. The van der Waals surface area contributed by atoms with Crippen LogP contribution in [0.4, 0.5) is 0 Å². The molecule has 0 aromatic heterocycles. The Kier molecular flexibility index (Phi) is 5.35. The fraction of sp³-hybridized carbons (Fsp3) is 0.929. The van der Waals surface area contributed by atoms with Gasteiger partial charge in [0.15, 0.2) is 6.54 Å². The third-order valence-electron chi connectivity index (χ3n) is 5.10. The smallest absolute Gasteiger partial charge is 0.275 e. The summed E-state index contributed by atoms with van der Waals surface area (Å²) in [7, 11) is 0. The van der Waals surface area contributed by atoms with Crippen LogP contribution in [-0.2, 0) is 4.79 Å². The Hall–Kier alpha value is -0.650. The lowest BCUT2D eigenvalue weighted by molar-refractivity contribution is -1.09. The molecule has 0 aliphatic carbocycles. The van der Waals surface area contributed by atoms with Crippen molar-refractivity contribution in [2.45, 2.75) is 27.3 Å². The maximum atomic E-state index is 11.9. The average molecular weight is 272 g/mol. The highest BCUT2D eigenvalue weighted by molar-refractivity contribution is 5.77. The molecule has 0 unspecified atom stereocenters. The second-order valence-electron chi connectivity index (χ2n) is 6.29. The Labute approximate surface area is 117 Å². The Balaban J connectivity index is 0.00000180. The molecular weight excluding hydrogens is 240 g/mol. The number of piperazine rings is 3. The minimum absolute atomic E-state index is 0. The highest BCUT2D eigenvalue weighted by Gasteiger charge is 2.50. The molecule has 5 heteroatoms. The molecule has 19 heavy (non-hydrogen) atoms. The van der Waals surface area contributed by atoms with Crippen LogP contribution in [0.3, 0.4) is 0 Å². The molecule has 3 aliphatic rings. The molecule has 1 amide bonds. The molecule has 0 aromatic carbocycles. The van der Waals surface area contributed by atoms with Crippen LogP contribution in [0.5, 0.6) is 0 Å². The lowest BCUT2D eigenvalue weighted by Crippen LogP contribution is -2.77. The lowest BCUT2D eigenvalue weighted by Gasteiger charge is -2.57. The summed E-state index contributed by atoms with van der Waals surface area (Å²) >= 11 is 0. The van der Waals surface area contributed by atoms with Gasteiger partial charge in [-0.1, -0.05) is 7.43 Å². The first-order valence-corrected chi connectivity index (χ1v) is 7.20. The van der Waals surface area contributed by atoms with E-state index in [2.05, 4.69) is 19.2 Å². The molecule has 0 saturated carbocycles. The van der Waals surface area contributed by atoms with Gasteiger partial charge in [-0.25, -0.2) is 0 Å². The summed E-state index contributed by atoms with van der Waals surface area (Å²) in [5, 5.41) is 2.90. The van der Waals surface area contributed by atoms with Crippen LogP contribution in [0.15, 0.2) is 0 Å². The van der Waals surface area contributed by atoms with Gasteiger partial charge in [0.2, 0.25) is 0 Å². The Bertz CT molecular complexity index is 292. The van der Waals surface area contributed by atoms with Gasteiger partial charge < -0.3 is 20.0 Å². The standard InChI is InChI=1S/C13H27N4O.CH4/c1-12(2)17-8-5-16(6-9-17,7-10-17)11-13(18)15-4-3-14;/h12H,3-11,14H2,1-2H3;1H4/q+1;/p+1. The van der Waals surface area contributed by atoms with Crippen molar-refractivity contribution < 1.29 is 13.8 Å². The molecule has 5 nitrogen and oxygen atoms in total. The summed E-state index contributed by atoms with van der Waals surface area (Å²) in [6, 6.07) is 0.721. The van der Waals surface area contributed by atoms with Crippen molar-refractivity contribution in [3.63, 3.8) is 0 Å². The van der Waals surface area contributed by atoms with Crippen LogP contribution in [0.2, 0.25) is 0 Å². The predicted octanol–water partition coefficient (Wildman–Crippen LogP) is -0.233. The maximum Gasteiger partial charge on any atom is 0.275 e. The van der Waals surface area contributed by atoms with Gasteiger partial charge in [-0.05, 0) is 13.8 Å². The van der Waals surface area contributed by atoms with E-state index >= 15 is 0 Å². The second-order valence-corrected chi connectivity index (χ2v) is 6.29. The number of quaternary nitrogens is 2. The topological polar surface area (TPSA) is 55.1 Å². The first-order valence-electron chi connectivity index (χ1n) is 7.20. The monoisotopic (exact) mass is 272 g/mol. The number of nitrogens with two attached hydrogens (primary N) is 1. The van der Waals surface area contributed by atoms with Crippen LogP contribution in [0.1, 0.15) is 21.3 Å². The zero-order valence-corrected chi connectivity index (χ0v) is 11.8. The molecule has 0 aromatic rings. The van der Waals surface area contributed by atoms with Gasteiger partial charge in [-0.3, -0.25) is 4.79 Å². The number of hydrogen-bond acceptors (Lipinski definition) is 2. The minimum atomic E-state index is 0. The maximum absolute atomic E-state index is 11.9. The van der Waals surface area contributed by atoms with Crippen molar-refractivity contribution in [1.82, 2.24) is 5.32 Å². The van der Waals surface area contributed by atoms with Crippen molar-refractivity contribution in [3.05, 3.63) is 0 Å². The average Bonchev–Trinajstić information content (AvgIpc) is 2.38. The Morgan fingerprint density at radius 1 is 1.16 bits per heavy atom. The number of nitrogens with one attached hydrogen (secondary N) is 1. The highest BCUT2D eigenvalue weighted by Crippen LogP contribution is 2.28. The molecule has 3 aliphatic heterocycles. The lowest BCUT2D eigenvalue weighted by atomic mass is 10.0. The van der Waals surface area contributed by atoms with Crippen LogP contribution >= 0.6 is 0 Å². The number of hydrogen-bond donors (Lipinski definition) is 2. The van der Waals surface area contributed by atoms with Gasteiger partial charge in [0, 0.05) is 13.1 Å². The van der Waals surface area contributed by atoms with E-state index in [0.29, 0.717) is 19.6 Å². The first-order chi connectivity index (χ1) is 8.52. The van der Waals surface area contributed by atoms with E-state index in [4.69, 9.17) is 5.73 Å². The quantitative estimate of drug-likeness (QED) is 0.679. The molecule has 2 bridgehead atoms. The van der Waals surface area contributed by atoms with Crippen LogP contribution in [-0.4, -0.2) is 79.8 Å². The number of nitrogens with zero attached hydrogens (tertiary/aromatic N) is 2. The van der Waals surface area contributed by atoms with E-state index in [1.807, 2.05) is 0 Å². The molecule has 0 radical (unpaired) electrons. The van der Waals surface area contributed by atoms with Crippen molar-refractivity contribution in [2.75, 3.05) is 58.9 Å². The largest absolute Gasteiger partial charge is 0.350 e. The molecule has 0 spiro atoms. The van der Waals surface area contributed by atoms with Crippen LogP contribution < -0.4 is 11.1 Å². The predicted molar refractivity (Wildman–Crippen MR) is 78.5 cm³/mol. The fourth-order valence-corrected chi connectivity index (χ4v) is 3.49. The molecule has 3 saturated heterocycles. The minimum Gasteiger partial charge on any atom is -0.350 e. The van der Waals surface area contributed by atoms with E-state index in [1.165, 1.54) is 24.1 Å². The van der Waals surface area contributed by atoms with E-state index < -0.39 is 0 Å². The van der Waals surface area contributed by atoms with Crippen molar-refractivity contribution in [3.8, 4) is 0 Å². The van der Waals surface area contributed by atoms with Gasteiger partial charge in [-0.15, -0.1) is 0 Å². The third kappa shape index (κ3) is 3.27. The van der Waals surface area contributed by atoms with E-state index in [0.717, 1.165) is 30.2 Å². The zero-order valence-electron chi connectivity index (χ0n) is 11.8. The summed E-state index contributed by atoms with van der Waals surface area (Å²) < 4.78 is 2.27. The number of carbonyl (C=O) groups is 1. The summed E-state index contributed by atoms with van der Waals surface area (Å²) in [5.74, 6) is 0.173. The van der Waals surface area contributed by atoms with Gasteiger partial charge in [0.1, 0.15) is 39.3 Å². The summed E-state index contributed by atoms with van der Waals surface area (Å²) in [4.78, 5) is 11.9. The van der Waals surface area contributed by atoms with E-state index in [9.17, 15) is 4.79 Å². The highest BCUT2D eigenvalue weighted by atomic mass is 16.2. The number of fused-ring (bicyclic) bond motifs is 3. The summed E-state index contributed by atoms with van der Waals surface area (Å²) in [5.41, 5.74) is 5.41. The van der Waals surface area contributed by atoms with Gasteiger partial charge in [-0.2, -0.15) is 0 Å². The SMILES string of the molecule is C.CC(C)[N+]12CC[N+](CC(=O)NCCN)(CC1)CC2. The van der Waals surface area contributed by atoms with E-state index in [-0.39, 0.29) is 13.3 Å². The number of amides is 1. The second kappa shape index (κ2) is 6.20. The van der Waals surface area contributed by atoms with Crippen molar-refractivity contribution in [2.24, 2.45) is 5.73 Å². The summed E-state index contributed by atoms with van der Waals surface area (Å²) in [6.07, 6.45) is 0. The molecule has 3 heterocycles. The van der Waals surface area contributed by atoms with Gasteiger partial charge in [0.25, 0.3) is 5.91 Å². The van der Waals surface area contributed by atoms with Crippen molar-refractivity contribution >= 4 is 5.91 Å². The van der Waals surface area contributed by atoms with Gasteiger partial charge >= 0.3 is 0 Å². The normalized spacial score (nSPS) is 33.1. The molecule has 0 atom stereocenters. The molecule has 112 valence electrons. The molecular formula is C14H32N4O+2. The molecule has 3 N–H and O–H groups in total.